The predicted molar refractivity (Wildman–Crippen MR) is 245 cm³/mol. The highest BCUT2D eigenvalue weighted by atomic mass is 16.4. The Morgan fingerprint density at radius 3 is 2.24 bits per heavy atom. The molecule has 1 aliphatic carbocycles. The Labute approximate surface area is 369 Å². The lowest BCUT2D eigenvalue weighted by Gasteiger charge is -2.18. The van der Waals surface area contributed by atoms with E-state index in [9.17, 15) is 29.7 Å². The first-order valence-electron chi connectivity index (χ1n) is 21.2. The Morgan fingerprint density at radius 1 is 0.952 bits per heavy atom. The van der Waals surface area contributed by atoms with Crippen LogP contribution >= 0.6 is 0 Å². The second-order valence-corrected chi connectivity index (χ2v) is 15.4. The molecular formula is C47H66N8O8. The van der Waals surface area contributed by atoms with E-state index in [1.165, 1.54) is 43.2 Å². The number of hydrogen-bond acceptors (Lipinski definition) is 11. The number of nitrogens with two attached hydrogens (primary N) is 1. The van der Waals surface area contributed by atoms with Crippen LogP contribution in [0.2, 0.25) is 0 Å². The molecule has 3 atom stereocenters. The van der Waals surface area contributed by atoms with Crippen molar-refractivity contribution in [2.75, 3.05) is 13.6 Å². The summed E-state index contributed by atoms with van der Waals surface area (Å²) in [6.07, 6.45) is 15.2. The van der Waals surface area contributed by atoms with Crippen molar-refractivity contribution in [1.29, 1.82) is 0 Å². The number of aryl methyl sites for hydroxylation is 2. The van der Waals surface area contributed by atoms with E-state index in [-0.39, 0.29) is 37.0 Å². The van der Waals surface area contributed by atoms with Gasteiger partial charge in [0.2, 0.25) is 6.41 Å². The van der Waals surface area contributed by atoms with Gasteiger partial charge in [0.25, 0.3) is 5.91 Å². The molecule has 342 valence electrons. The number of benzene rings is 3. The molecule has 2 aromatic heterocycles. The number of aliphatic hydroxyl groups excluding tert-OH is 2. The van der Waals surface area contributed by atoms with Gasteiger partial charge in [0.1, 0.15) is 12.0 Å². The van der Waals surface area contributed by atoms with E-state index in [2.05, 4.69) is 78.2 Å². The average Bonchev–Trinajstić information content (AvgIpc) is 4.01. The quantitative estimate of drug-likeness (QED) is 0.0510. The Kier molecular flexibility index (Phi) is 25.1. The largest absolute Gasteiger partial charge is 0.507 e. The van der Waals surface area contributed by atoms with Crippen molar-refractivity contribution in [3.8, 4) is 5.75 Å². The summed E-state index contributed by atoms with van der Waals surface area (Å²) >= 11 is 0. The predicted octanol–water partition coefficient (Wildman–Crippen LogP) is 6.51. The number of aldehydes is 1. The number of hydrogen-bond donors (Lipinski definition) is 9. The highest BCUT2D eigenvalue weighted by molar-refractivity contribution is 5.95. The van der Waals surface area contributed by atoms with Crippen molar-refractivity contribution in [2.24, 2.45) is 11.7 Å². The Morgan fingerprint density at radius 2 is 1.63 bits per heavy atom. The first-order chi connectivity index (χ1) is 30.3. The third kappa shape index (κ3) is 20.5. The number of aromatic amines is 2. The van der Waals surface area contributed by atoms with Crippen molar-refractivity contribution in [2.45, 2.75) is 110 Å². The fraction of sp³-hybridized carbons (Fsp3) is 0.426. The second-order valence-electron chi connectivity index (χ2n) is 15.4. The van der Waals surface area contributed by atoms with Gasteiger partial charge in [-0.1, -0.05) is 62.6 Å². The highest BCUT2D eigenvalue weighted by Crippen LogP contribution is 2.30. The first-order valence-corrected chi connectivity index (χ1v) is 21.2. The number of rotatable bonds is 15. The van der Waals surface area contributed by atoms with Gasteiger partial charge in [0.15, 0.2) is 6.10 Å². The third-order valence-electron chi connectivity index (χ3n) is 10.2. The Hall–Kier alpha value is -6.23. The van der Waals surface area contributed by atoms with Crippen LogP contribution in [-0.4, -0.2) is 96.2 Å². The SMILES string of the molecule is C/C=C/c1cccc(CNC)c1.Cc1cc(C(=O)NCC(O)CCC(C)CCC(O)C(=O)O)cc(C)c1O.NC=O.O=Cc1ccc2nc[nH]c2c1.c1n[nH]nc1C1CCCCC1. The lowest BCUT2D eigenvalue weighted by molar-refractivity contribution is -0.147. The van der Waals surface area contributed by atoms with Crippen LogP contribution in [0.4, 0.5) is 0 Å². The number of aromatic nitrogens is 5. The summed E-state index contributed by atoms with van der Waals surface area (Å²) in [4.78, 5) is 48.6. The molecular weight excluding hydrogens is 805 g/mol. The zero-order valence-corrected chi connectivity index (χ0v) is 37.1. The zero-order chi connectivity index (χ0) is 46.6. The van der Waals surface area contributed by atoms with Crippen molar-refractivity contribution >= 4 is 41.7 Å². The van der Waals surface area contributed by atoms with Crippen molar-refractivity contribution in [3.05, 3.63) is 112 Å². The highest BCUT2D eigenvalue weighted by Gasteiger charge is 2.18. The van der Waals surface area contributed by atoms with Crippen molar-refractivity contribution in [1.82, 2.24) is 36.0 Å². The number of nitrogens with one attached hydrogen (secondary N) is 4. The van der Waals surface area contributed by atoms with E-state index in [0.29, 0.717) is 47.4 Å². The van der Waals surface area contributed by atoms with E-state index >= 15 is 0 Å². The summed E-state index contributed by atoms with van der Waals surface area (Å²) in [6, 6.07) is 17.0. The van der Waals surface area contributed by atoms with Crippen LogP contribution in [0.5, 0.6) is 5.75 Å². The fourth-order valence-corrected chi connectivity index (χ4v) is 6.72. The number of carbonyl (C=O) groups excluding carboxylic acids is 3. The molecule has 2 amide bonds. The number of primary amides is 1. The smallest absolute Gasteiger partial charge is 0.332 e. The van der Waals surface area contributed by atoms with E-state index < -0.39 is 18.2 Å². The molecule has 1 saturated carbocycles. The summed E-state index contributed by atoms with van der Waals surface area (Å²) in [7, 11) is 1.96. The number of amides is 2. The molecule has 1 fully saturated rings. The minimum atomic E-state index is -1.35. The molecule has 0 aliphatic heterocycles. The molecule has 3 unspecified atom stereocenters. The summed E-state index contributed by atoms with van der Waals surface area (Å²) in [5.41, 5.74) is 12.0. The molecule has 0 spiro atoms. The van der Waals surface area contributed by atoms with Crippen molar-refractivity contribution in [3.63, 3.8) is 0 Å². The fourth-order valence-electron chi connectivity index (χ4n) is 6.72. The monoisotopic (exact) mass is 871 g/mol. The Balaban J connectivity index is 0.000000306. The molecule has 16 heteroatoms. The molecule has 0 radical (unpaired) electrons. The normalized spacial score (nSPS) is 13.6. The molecule has 0 bridgehead atoms. The minimum absolute atomic E-state index is 0.113. The van der Waals surface area contributed by atoms with Gasteiger partial charge < -0.3 is 41.8 Å². The molecule has 2 heterocycles. The van der Waals surface area contributed by atoms with Gasteiger partial charge in [-0.2, -0.15) is 15.4 Å². The van der Waals surface area contributed by atoms with Crippen LogP contribution in [0.15, 0.2) is 73.2 Å². The van der Waals surface area contributed by atoms with E-state index in [0.717, 1.165) is 29.6 Å². The number of fused-ring (bicyclic) bond motifs is 1. The van der Waals surface area contributed by atoms with Gasteiger partial charge in [0.05, 0.1) is 35.4 Å². The topological polar surface area (TPSA) is 270 Å². The number of aliphatic carboxylic acids is 1. The summed E-state index contributed by atoms with van der Waals surface area (Å²) in [5, 5.41) is 54.0. The first kappa shape index (κ1) is 52.9. The molecule has 10 N–H and O–H groups in total. The van der Waals surface area contributed by atoms with Gasteiger partial charge in [-0.15, -0.1) is 0 Å². The van der Waals surface area contributed by atoms with E-state index in [1.807, 2.05) is 33.2 Å². The van der Waals surface area contributed by atoms with Crippen LogP contribution in [-0.2, 0) is 16.1 Å². The van der Waals surface area contributed by atoms with E-state index in [4.69, 9.17) is 9.90 Å². The zero-order valence-electron chi connectivity index (χ0n) is 37.1. The molecule has 6 rings (SSSR count). The molecule has 5 aromatic rings. The van der Waals surface area contributed by atoms with Crippen molar-refractivity contribution < 1.29 is 39.6 Å². The standard InChI is InChI=1S/C19H29NO6.C11H15N.C8H13N3.C8H6N2O.CH3NO/c1-11(5-7-16(22)19(25)26)4-6-15(21)10-20-18(24)14-8-12(2)17(23)13(3)9-14;1-3-5-10-6-4-7-11(8-10)9-12-2;1-2-4-7(5-3-1)8-6-9-11-10-8;11-4-6-1-2-7-8(3-6)10-5-9-7;2-1-3/h8-9,11,15-16,21-23H,4-7,10H2,1-3H3,(H,20,24)(H,25,26);3-8,12H,9H2,1-2H3;6-7H,1-5H2,(H,9,10,11);1-5H,(H,9,10);1H,(H2,2,3)/b;5-3+;;;. The number of aromatic hydroxyl groups is 1. The number of phenols is 1. The maximum atomic E-state index is 12.2. The van der Waals surface area contributed by atoms with Crippen LogP contribution in [0.3, 0.4) is 0 Å². The minimum Gasteiger partial charge on any atom is -0.507 e. The number of aliphatic hydroxyl groups is 2. The van der Waals surface area contributed by atoms with Gasteiger partial charge in [-0.3, -0.25) is 14.4 Å². The van der Waals surface area contributed by atoms with Gasteiger partial charge in [-0.25, -0.2) is 9.78 Å². The Bertz CT molecular complexity index is 2090. The van der Waals surface area contributed by atoms with Gasteiger partial charge in [-0.05, 0) is 125 Å². The lowest BCUT2D eigenvalue weighted by atomic mass is 9.87. The molecule has 16 nitrogen and oxygen atoms in total. The number of nitrogens with zero attached hydrogens (tertiary/aromatic N) is 3. The average molecular weight is 871 g/mol. The molecule has 0 saturated heterocycles. The summed E-state index contributed by atoms with van der Waals surface area (Å²) in [5.74, 6) is -0.518. The summed E-state index contributed by atoms with van der Waals surface area (Å²) < 4.78 is 0. The lowest BCUT2D eigenvalue weighted by Crippen LogP contribution is -2.32. The van der Waals surface area contributed by atoms with E-state index in [1.54, 1.807) is 44.4 Å². The number of allylic oxidation sites excluding steroid dienone is 1. The molecule has 1 aliphatic rings. The van der Waals surface area contributed by atoms with Crippen LogP contribution in [0.1, 0.15) is 126 Å². The maximum absolute atomic E-state index is 12.2. The molecule has 3 aromatic carbocycles. The summed E-state index contributed by atoms with van der Waals surface area (Å²) in [6.45, 7) is 8.45. The van der Waals surface area contributed by atoms with Crippen LogP contribution in [0.25, 0.3) is 17.1 Å². The second kappa shape index (κ2) is 29.9. The number of carboxylic acids is 1. The number of H-pyrrole nitrogens is 2. The van der Waals surface area contributed by atoms with Crippen LogP contribution < -0.4 is 16.4 Å². The number of carboxylic acid groups (broad SMARTS) is 1. The van der Waals surface area contributed by atoms with Crippen LogP contribution in [0, 0.1) is 19.8 Å². The third-order valence-corrected chi connectivity index (χ3v) is 10.2. The van der Waals surface area contributed by atoms with Gasteiger partial charge in [0, 0.05) is 30.1 Å². The number of imidazole rings is 1. The number of carbonyl (C=O) groups is 4. The number of phenolic OH excluding ortho intramolecular Hbond substituents is 1. The molecule has 63 heavy (non-hydrogen) atoms. The maximum Gasteiger partial charge on any atom is 0.332 e. The van der Waals surface area contributed by atoms with Gasteiger partial charge >= 0.3 is 5.97 Å².